The Morgan fingerprint density at radius 3 is 1.73 bits per heavy atom. The second-order valence-corrected chi connectivity index (χ2v) is 3.23. The van der Waals surface area contributed by atoms with Gasteiger partial charge in [-0.15, -0.1) is 0 Å². The highest BCUT2D eigenvalue weighted by molar-refractivity contribution is 5.46. The van der Waals surface area contributed by atoms with E-state index in [2.05, 4.69) is 13.8 Å². The smallest absolute Gasteiger partial charge is 0.126 e. The molecule has 0 atom stereocenters. The Kier molecular flexibility index (Phi) is 6.18. The molecule has 0 bridgehead atoms. The summed E-state index contributed by atoms with van der Waals surface area (Å²) in [6.07, 6.45) is 0. The van der Waals surface area contributed by atoms with E-state index in [4.69, 9.17) is 14.3 Å². The number of benzene rings is 1. The Labute approximate surface area is 91.0 Å². The monoisotopic (exact) mass is 210 g/mol. The third kappa shape index (κ3) is 3.27. The van der Waals surface area contributed by atoms with E-state index < -0.39 is 0 Å². The zero-order valence-electron chi connectivity index (χ0n) is 9.74. The predicted octanol–water partition coefficient (Wildman–Crippen LogP) is 2.64. The first-order valence-corrected chi connectivity index (χ1v) is 4.70. The largest absolute Gasteiger partial charge is 0.496 e. The van der Waals surface area contributed by atoms with Gasteiger partial charge in [0.05, 0.1) is 14.2 Å². The van der Waals surface area contributed by atoms with Gasteiger partial charge < -0.3 is 14.3 Å². The first kappa shape index (κ1) is 13.5. The Bertz CT molecular complexity index is 273. The average molecular weight is 210 g/mol. The van der Waals surface area contributed by atoms with Gasteiger partial charge in [0.2, 0.25) is 0 Å². The lowest BCUT2D eigenvalue weighted by atomic mass is 10.0. The van der Waals surface area contributed by atoms with Crippen molar-refractivity contribution in [2.45, 2.75) is 19.8 Å². The first-order valence-electron chi connectivity index (χ1n) is 4.70. The van der Waals surface area contributed by atoms with E-state index in [1.54, 1.807) is 14.2 Å². The molecule has 0 spiro atoms. The van der Waals surface area contributed by atoms with E-state index in [0.717, 1.165) is 17.1 Å². The second kappa shape index (κ2) is 6.87. The standard InChI is InChI=1S/C11H16O2.CH2O/c1-8(2)11-9(12-3)6-5-7-10(11)13-4;1-2/h5-8H,1-4H3;1H2. The van der Waals surface area contributed by atoms with Gasteiger partial charge >= 0.3 is 0 Å². The van der Waals surface area contributed by atoms with Crippen LogP contribution in [-0.2, 0) is 4.79 Å². The Morgan fingerprint density at radius 1 is 1.07 bits per heavy atom. The third-order valence-electron chi connectivity index (χ3n) is 2.04. The molecule has 15 heavy (non-hydrogen) atoms. The van der Waals surface area contributed by atoms with E-state index in [0.29, 0.717) is 5.92 Å². The normalized spacial score (nSPS) is 9.13. The van der Waals surface area contributed by atoms with Crippen LogP contribution in [0.15, 0.2) is 18.2 Å². The van der Waals surface area contributed by atoms with Gasteiger partial charge in [0.25, 0.3) is 0 Å². The summed E-state index contributed by atoms with van der Waals surface area (Å²) < 4.78 is 10.5. The summed E-state index contributed by atoms with van der Waals surface area (Å²) in [5.41, 5.74) is 1.13. The van der Waals surface area contributed by atoms with Gasteiger partial charge in [-0.2, -0.15) is 0 Å². The quantitative estimate of drug-likeness (QED) is 0.769. The highest BCUT2D eigenvalue weighted by Crippen LogP contribution is 2.34. The molecule has 0 aromatic heterocycles. The molecule has 0 aliphatic heterocycles. The molecule has 0 amide bonds. The van der Waals surface area contributed by atoms with Gasteiger partial charge in [-0.1, -0.05) is 19.9 Å². The maximum absolute atomic E-state index is 8.00. The lowest BCUT2D eigenvalue weighted by molar-refractivity contribution is -0.0979. The van der Waals surface area contributed by atoms with E-state index in [-0.39, 0.29) is 0 Å². The van der Waals surface area contributed by atoms with Crippen molar-refractivity contribution in [3.05, 3.63) is 23.8 Å². The third-order valence-corrected chi connectivity index (χ3v) is 2.04. The van der Waals surface area contributed by atoms with E-state index in [1.807, 2.05) is 25.0 Å². The van der Waals surface area contributed by atoms with Crippen molar-refractivity contribution < 1.29 is 14.3 Å². The second-order valence-electron chi connectivity index (χ2n) is 3.23. The molecule has 1 aromatic rings. The van der Waals surface area contributed by atoms with Crippen molar-refractivity contribution >= 4 is 6.79 Å². The number of hydrogen-bond acceptors (Lipinski definition) is 3. The Hall–Kier alpha value is -1.51. The Balaban J connectivity index is 0.000000921. The van der Waals surface area contributed by atoms with Gasteiger partial charge in [-0.05, 0) is 18.1 Å². The number of hydrogen-bond donors (Lipinski definition) is 0. The van der Waals surface area contributed by atoms with E-state index in [1.165, 1.54) is 0 Å². The molecule has 3 nitrogen and oxygen atoms in total. The molecule has 0 aliphatic rings. The van der Waals surface area contributed by atoms with Gasteiger partial charge in [-0.25, -0.2) is 0 Å². The summed E-state index contributed by atoms with van der Waals surface area (Å²) in [5, 5.41) is 0. The molecule has 0 radical (unpaired) electrons. The number of methoxy groups -OCH3 is 2. The van der Waals surface area contributed by atoms with Crippen LogP contribution < -0.4 is 9.47 Å². The van der Waals surface area contributed by atoms with Crippen molar-refractivity contribution in [3.8, 4) is 11.5 Å². The first-order chi connectivity index (χ1) is 7.20. The van der Waals surface area contributed by atoms with Crippen molar-refractivity contribution in [2.24, 2.45) is 0 Å². The van der Waals surface area contributed by atoms with Gasteiger partial charge in [0.15, 0.2) is 0 Å². The summed E-state index contributed by atoms with van der Waals surface area (Å²) in [6, 6.07) is 5.85. The maximum atomic E-state index is 8.00. The number of carbonyl (C=O) groups is 1. The van der Waals surface area contributed by atoms with Crippen LogP contribution in [0.2, 0.25) is 0 Å². The fourth-order valence-corrected chi connectivity index (χ4v) is 1.45. The van der Waals surface area contributed by atoms with Crippen LogP contribution in [0.1, 0.15) is 25.3 Å². The molecule has 0 saturated carbocycles. The van der Waals surface area contributed by atoms with Gasteiger partial charge in [-0.3, -0.25) is 0 Å². The molecule has 0 aliphatic carbocycles. The fourth-order valence-electron chi connectivity index (χ4n) is 1.45. The van der Waals surface area contributed by atoms with Crippen LogP contribution in [0, 0.1) is 0 Å². The van der Waals surface area contributed by atoms with Crippen molar-refractivity contribution in [2.75, 3.05) is 14.2 Å². The number of carbonyl (C=O) groups excluding carboxylic acids is 1. The van der Waals surface area contributed by atoms with Gasteiger partial charge in [0.1, 0.15) is 18.3 Å². The minimum Gasteiger partial charge on any atom is -0.496 e. The van der Waals surface area contributed by atoms with Crippen LogP contribution in [0.4, 0.5) is 0 Å². The summed E-state index contributed by atoms with van der Waals surface area (Å²) >= 11 is 0. The SMILES string of the molecule is C=O.COc1cccc(OC)c1C(C)C. The Morgan fingerprint density at radius 2 is 1.47 bits per heavy atom. The summed E-state index contributed by atoms with van der Waals surface area (Å²) in [4.78, 5) is 8.00. The van der Waals surface area contributed by atoms with Crippen molar-refractivity contribution in [3.63, 3.8) is 0 Å². The van der Waals surface area contributed by atoms with Gasteiger partial charge in [0, 0.05) is 5.56 Å². The fraction of sp³-hybridized carbons (Fsp3) is 0.417. The lowest BCUT2D eigenvalue weighted by Crippen LogP contribution is -1.98. The van der Waals surface area contributed by atoms with E-state index in [9.17, 15) is 0 Å². The zero-order valence-corrected chi connectivity index (χ0v) is 9.74. The molecule has 0 fully saturated rings. The highest BCUT2D eigenvalue weighted by Gasteiger charge is 2.12. The lowest BCUT2D eigenvalue weighted by Gasteiger charge is -2.15. The zero-order chi connectivity index (χ0) is 11.8. The van der Waals surface area contributed by atoms with Crippen molar-refractivity contribution in [1.82, 2.24) is 0 Å². The minimum atomic E-state index is 0.408. The van der Waals surface area contributed by atoms with Crippen LogP contribution in [0.25, 0.3) is 0 Å². The number of rotatable bonds is 3. The predicted molar refractivity (Wildman–Crippen MR) is 60.8 cm³/mol. The maximum Gasteiger partial charge on any atom is 0.126 e. The molecule has 0 saturated heterocycles. The van der Waals surface area contributed by atoms with Crippen LogP contribution >= 0.6 is 0 Å². The number of ether oxygens (including phenoxy) is 2. The average Bonchev–Trinajstić information content (AvgIpc) is 2.30. The molecule has 0 heterocycles. The van der Waals surface area contributed by atoms with Crippen LogP contribution in [0.3, 0.4) is 0 Å². The van der Waals surface area contributed by atoms with Crippen LogP contribution in [0.5, 0.6) is 11.5 Å². The molecule has 84 valence electrons. The molecule has 0 N–H and O–H groups in total. The topological polar surface area (TPSA) is 35.5 Å². The molecule has 1 aromatic carbocycles. The molecule has 0 unspecified atom stereocenters. The van der Waals surface area contributed by atoms with Crippen molar-refractivity contribution in [1.29, 1.82) is 0 Å². The minimum absolute atomic E-state index is 0.408. The molecular formula is C12H18O3. The highest BCUT2D eigenvalue weighted by atomic mass is 16.5. The van der Waals surface area contributed by atoms with E-state index >= 15 is 0 Å². The summed E-state index contributed by atoms with van der Waals surface area (Å²) in [6.45, 7) is 6.25. The summed E-state index contributed by atoms with van der Waals surface area (Å²) in [5.74, 6) is 2.20. The molecule has 1 rings (SSSR count). The molecule has 3 heteroatoms. The van der Waals surface area contributed by atoms with Crippen LogP contribution in [-0.4, -0.2) is 21.0 Å². The molecular weight excluding hydrogens is 192 g/mol. The summed E-state index contributed by atoms with van der Waals surface area (Å²) in [7, 11) is 3.36.